The van der Waals surface area contributed by atoms with Crippen molar-refractivity contribution in [3.63, 3.8) is 0 Å². The summed E-state index contributed by atoms with van der Waals surface area (Å²) in [6.07, 6.45) is 0. The van der Waals surface area contributed by atoms with Crippen molar-refractivity contribution < 1.29 is 9.59 Å². The highest BCUT2D eigenvalue weighted by Crippen LogP contribution is 2.33. The standard InChI is InChI=1S/C12H13BrN2O2S/c1-12(2,13)11(17)14-7-3-4-9-8(5-7)15-10(16)6-18-9/h3-5H,6H2,1-2H3,(H,14,17)(H,15,16). The van der Waals surface area contributed by atoms with Gasteiger partial charge in [0.05, 0.1) is 15.8 Å². The smallest absolute Gasteiger partial charge is 0.240 e. The maximum Gasteiger partial charge on any atom is 0.240 e. The van der Waals surface area contributed by atoms with Crippen molar-refractivity contribution in [3.8, 4) is 0 Å². The predicted octanol–water partition coefficient (Wildman–Crippen LogP) is 2.84. The molecule has 0 unspecified atom stereocenters. The van der Waals surface area contributed by atoms with Gasteiger partial charge in [-0.15, -0.1) is 11.8 Å². The molecule has 2 rings (SSSR count). The van der Waals surface area contributed by atoms with Crippen LogP contribution in [0.25, 0.3) is 0 Å². The fraction of sp³-hybridized carbons (Fsp3) is 0.333. The first kappa shape index (κ1) is 13.4. The number of rotatable bonds is 2. The summed E-state index contributed by atoms with van der Waals surface area (Å²) >= 11 is 4.80. The van der Waals surface area contributed by atoms with Crippen LogP contribution in [0.1, 0.15) is 13.8 Å². The topological polar surface area (TPSA) is 58.2 Å². The number of anilines is 2. The number of carbonyl (C=O) groups excluding carboxylic acids is 2. The SMILES string of the molecule is CC(C)(Br)C(=O)Nc1ccc2c(c1)NC(=O)CS2. The van der Waals surface area contributed by atoms with E-state index in [2.05, 4.69) is 26.6 Å². The number of hydrogen-bond donors (Lipinski definition) is 2. The summed E-state index contributed by atoms with van der Waals surface area (Å²) in [5.74, 6) is 0.293. The summed E-state index contributed by atoms with van der Waals surface area (Å²) in [6.45, 7) is 3.55. The molecule has 0 saturated heterocycles. The second kappa shape index (κ2) is 4.93. The summed E-state index contributed by atoms with van der Waals surface area (Å²) in [6, 6.07) is 5.51. The Morgan fingerprint density at radius 2 is 2.22 bits per heavy atom. The Bertz CT molecular complexity index is 511. The van der Waals surface area contributed by atoms with Gasteiger partial charge in [-0.2, -0.15) is 0 Å². The van der Waals surface area contributed by atoms with Crippen molar-refractivity contribution in [2.45, 2.75) is 23.1 Å². The molecule has 0 saturated carbocycles. The van der Waals surface area contributed by atoms with E-state index >= 15 is 0 Å². The predicted molar refractivity (Wildman–Crippen MR) is 77.4 cm³/mol. The molecule has 18 heavy (non-hydrogen) atoms. The monoisotopic (exact) mass is 328 g/mol. The van der Waals surface area contributed by atoms with Crippen molar-refractivity contribution in [2.75, 3.05) is 16.4 Å². The van der Waals surface area contributed by atoms with Crippen molar-refractivity contribution in [2.24, 2.45) is 0 Å². The van der Waals surface area contributed by atoms with Gasteiger partial charge in [0, 0.05) is 10.6 Å². The van der Waals surface area contributed by atoms with E-state index in [4.69, 9.17) is 0 Å². The van der Waals surface area contributed by atoms with Crippen molar-refractivity contribution in [3.05, 3.63) is 18.2 Å². The van der Waals surface area contributed by atoms with Crippen LogP contribution in [0.3, 0.4) is 0 Å². The highest BCUT2D eigenvalue weighted by molar-refractivity contribution is 9.10. The average Bonchev–Trinajstić information content (AvgIpc) is 2.27. The van der Waals surface area contributed by atoms with Gasteiger partial charge in [-0.05, 0) is 32.0 Å². The number of benzene rings is 1. The summed E-state index contributed by atoms with van der Waals surface area (Å²) < 4.78 is -0.624. The molecule has 0 fully saturated rings. The molecule has 96 valence electrons. The minimum atomic E-state index is -0.624. The molecule has 0 bridgehead atoms. The van der Waals surface area contributed by atoms with Gasteiger partial charge in [0.1, 0.15) is 0 Å². The van der Waals surface area contributed by atoms with Crippen LogP contribution < -0.4 is 10.6 Å². The first-order valence-corrected chi connectivity index (χ1v) is 7.21. The van der Waals surface area contributed by atoms with Gasteiger partial charge >= 0.3 is 0 Å². The van der Waals surface area contributed by atoms with Gasteiger partial charge < -0.3 is 10.6 Å². The highest BCUT2D eigenvalue weighted by atomic mass is 79.9. The molecule has 1 aliphatic rings. The Hall–Kier alpha value is -1.01. The van der Waals surface area contributed by atoms with Gasteiger partial charge in [-0.25, -0.2) is 0 Å². The molecule has 0 aliphatic carbocycles. The molecule has 0 radical (unpaired) electrons. The molecule has 1 aromatic rings. The second-order valence-electron chi connectivity index (χ2n) is 4.47. The molecule has 0 aromatic heterocycles. The first-order valence-electron chi connectivity index (χ1n) is 5.43. The van der Waals surface area contributed by atoms with Crippen LogP contribution in [0.15, 0.2) is 23.1 Å². The number of nitrogens with one attached hydrogen (secondary N) is 2. The number of fused-ring (bicyclic) bond motifs is 1. The lowest BCUT2D eigenvalue weighted by Crippen LogP contribution is -2.31. The Morgan fingerprint density at radius 3 is 2.89 bits per heavy atom. The Balaban J connectivity index is 2.19. The van der Waals surface area contributed by atoms with E-state index in [1.807, 2.05) is 12.1 Å². The van der Waals surface area contributed by atoms with Crippen LogP contribution in [0.4, 0.5) is 11.4 Å². The van der Waals surface area contributed by atoms with Gasteiger partial charge in [0.25, 0.3) is 0 Å². The molecule has 0 atom stereocenters. The van der Waals surface area contributed by atoms with Crippen LogP contribution in [-0.2, 0) is 9.59 Å². The molecule has 1 aromatic carbocycles. The van der Waals surface area contributed by atoms with Crippen LogP contribution in [0, 0.1) is 0 Å². The minimum Gasteiger partial charge on any atom is -0.325 e. The Morgan fingerprint density at radius 1 is 1.50 bits per heavy atom. The number of halogens is 1. The van der Waals surface area contributed by atoms with Gasteiger partial charge in [-0.3, -0.25) is 9.59 Å². The zero-order valence-corrected chi connectivity index (χ0v) is 12.4. The molecule has 0 spiro atoms. The maximum absolute atomic E-state index is 11.8. The largest absolute Gasteiger partial charge is 0.325 e. The highest BCUT2D eigenvalue weighted by Gasteiger charge is 2.24. The number of hydrogen-bond acceptors (Lipinski definition) is 3. The fourth-order valence-corrected chi connectivity index (χ4v) is 2.33. The molecule has 2 amide bonds. The zero-order chi connectivity index (χ0) is 13.3. The van der Waals surface area contributed by atoms with Gasteiger partial charge in [0.2, 0.25) is 11.8 Å². The maximum atomic E-state index is 11.8. The Labute approximate surface area is 118 Å². The second-order valence-corrected chi connectivity index (χ2v) is 7.47. The van der Waals surface area contributed by atoms with Crippen molar-refractivity contribution >= 4 is 50.9 Å². The van der Waals surface area contributed by atoms with E-state index in [0.29, 0.717) is 11.4 Å². The van der Waals surface area contributed by atoms with Crippen LogP contribution in [-0.4, -0.2) is 21.9 Å². The lowest BCUT2D eigenvalue weighted by Gasteiger charge is -2.19. The lowest BCUT2D eigenvalue weighted by molar-refractivity contribution is -0.117. The number of thioether (sulfide) groups is 1. The zero-order valence-electron chi connectivity index (χ0n) is 10.0. The minimum absolute atomic E-state index is 0.0169. The summed E-state index contributed by atoms with van der Waals surface area (Å²) in [7, 11) is 0. The van der Waals surface area contributed by atoms with Crippen molar-refractivity contribution in [1.29, 1.82) is 0 Å². The molecule has 1 aliphatic heterocycles. The third-order valence-corrected chi connectivity index (χ3v) is 3.84. The van der Waals surface area contributed by atoms with Crippen molar-refractivity contribution in [1.82, 2.24) is 0 Å². The van der Waals surface area contributed by atoms with E-state index in [1.165, 1.54) is 11.8 Å². The molecular weight excluding hydrogens is 316 g/mol. The number of carbonyl (C=O) groups is 2. The third kappa shape index (κ3) is 3.05. The molecule has 1 heterocycles. The molecular formula is C12H13BrN2O2S. The van der Waals surface area contributed by atoms with Gasteiger partial charge in [0.15, 0.2) is 0 Å². The van der Waals surface area contributed by atoms with E-state index < -0.39 is 4.32 Å². The molecule has 2 N–H and O–H groups in total. The quantitative estimate of drug-likeness (QED) is 0.821. The number of amides is 2. The fourth-order valence-electron chi connectivity index (χ4n) is 1.44. The van der Waals surface area contributed by atoms with E-state index in [-0.39, 0.29) is 11.8 Å². The molecule has 4 nitrogen and oxygen atoms in total. The summed E-state index contributed by atoms with van der Waals surface area (Å²) in [5.41, 5.74) is 1.43. The van der Waals surface area contributed by atoms with E-state index in [9.17, 15) is 9.59 Å². The van der Waals surface area contributed by atoms with E-state index in [0.717, 1.165) is 10.6 Å². The van der Waals surface area contributed by atoms with Crippen LogP contribution >= 0.6 is 27.7 Å². The Kier molecular flexibility index (Phi) is 3.68. The normalized spacial score (nSPS) is 14.7. The van der Waals surface area contributed by atoms with Crippen LogP contribution in [0.5, 0.6) is 0 Å². The third-order valence-electron chi connectivity index (χ3n) is 2.41. The first-order chi connectivity index (χ1) is 8.36. The van der Waals surface area contributed by atoms with Gasteiger partial charge in [-0.1, -0.05) is 15.9 Å². The van der Waals surface area contributed by atoms with Crippen LogP contribution in [0.2, 0.25) is 0 Å². The molecule has 6 heteroatoms. The lowest BCUT2D eigenvalue weighted by atomic mass is 10.2. The number of alkyl halides is 1. The summed E-state index contributed by atoms with van der Waals surface area (Å²) in [4.78, 5) is 24.1. The van der Waals surface area contributed by atoms with E-state index in [1.54, 1.807) is 19.9 Å². The summed E-state index contributed by atoms with van der Waals surface area (Å²) in [5, 5.41) is 5.59. The average molecular weight is 329 g/mol.